The highest BCUT2D eigenvalue weighted by Crippen LogP contribution is 2.15. The number of rotatable bonds is 11. The second-order valence-corrected chi connectivity index (χ2v) is 9.26. The van der Waals surface area contributed by atoms with Crippen molar-refractivity contribution in [1.82, 2.24) is 10.2 Å². The van der Waals surface area contributed by atoms with E-state index in [0.717, 1.165) is 18.4 Å². The molecule has 2 aromatic carbocycles. The highest BCUT2D eigenvalue weighted by Gasteiger charge is 2.09. The van der Waals surface area contributed by atoms with Crippen LogP contribution in [-0.2, 0) is 22.6 Å². The first-order valence-electron chi connectivity index (χ1n) is 11.1. The SMILES string of the molecule is CN(C)CC(=O)Nc1cccc(CNC(=O)c2cccc(NC(=O)CCCc3cccs3)c2)c1. The van der Waals surface area contributed by atoms with E-state index in [0.29, 0.717) is 36.4 Å². The van der Waals surface area contributed by atoms with Crippen LogP contribution in [0.1, 0.15) is 33.6 Å². The Hall–Kier alpha value is -3.49. The minimum atomic E-state index is -0.240. The lowest BCUT2D eigenvalue weighted by molar-refractivity contribution is -0.117. The van der Waals surface area contributed by atoms with Crippen LogP contribution in [0.4, 0.5) is 11.4 Å². The number of aryl methyl sites for hydroxylation is 1. The number of benzene rings is 2. The first-order valence-corrected chi connectivity index (χ1v) is 12.0. The number of nitrogens with one attached hydrogen (secondary N) is 3. The fraction of sp³-hybridized carbons (Fsp3) is 0.269. The minimum absolute atomic E-state index is 0.0674. The summed E-state index contributed by atoms with van der Waals surface area (Å²) in [6.45, 7) is 0.609. The summed E-state index contributed by atoms with van der Waals surface area (Å²) in [5.41, 5.74) is 2.61. The molecule has 178 valence electrons. The van der Waals surface area contributed by atoms with Crippen LogP contribution in [0.15, 0.2) is 66.0 Å². The lowest BCUT2D eigenvalue weighted by Gasteiger charge is -2.12. The molecule has 0 saturated carbocycles. The van der Waals surface area contributed by atoms with Gasteiger partial charge in [0.05, 0.1) is 6.54 Å². The molecule has 0 aliphatic heterocycles. The molecule has 0 atom stereocenters. The molecule has 0 fully saturated rings. The van der Waals surface area contributed by atoms with Crippen molar-refractivity contribution in [1.29, 1.82) is 0 Å². The summed E-state index contributed by atoms with van der Waals surface area (Å²) >= 11 is 1.70. The molecule has 34 heavy (non-hydrogen) atoms. The molecule has 3 N–H and O–H groups in total. The number of carbonyl (C=O) groups excluding carboxylic acids is 3. The lowest BCUT2D eigenvalue weighted by atomic mass is 10.1. The second kappa shape index (κ2) is 12.7. The predicted octanol–water partition coefficient (Wildman–Crippen LogP) is 4.14. The van der Waals surface area contributed by atoms with E-state index >= 15 is 0 Å². The van der Waals surface area contributed by atoms with Gasteiger partial charge in [-0.25, -0.2) is 0 Å². The molecule has 0 aliphatic carbocycles. The predicted molar refractivity (Wildman–Crippen MR) is 137 cm³/mol. The molecular formula is C26H30N4O3S. The van der Waals surface area contributed by atoms with Gasteiger partial charge in [-0.1, -0.05) is 24.3 Å². The van der Waals surface area contributed by atoms with Gasteiger partial charge in [0.25, 0.3) is 5.91 Å². The zero-order chi connectivity index (χ0) is 24.3. The van der Waals surface area contributed by atoms with Crippen LogP contribution in [0.25, 0.3) is 0 Å². The number of anilines is 2. The van der Waals surface area contributed by atoms with Gasteiger partial charge in [0, 0.05) is 34.8 Å². The molecule has 3 rings (SSSR count). The zero-order valence-corrected chi connectivity index (χ0v) is 20.3. The molecule has 0 unspecified atom stereocenters. The van der Waals surface area contributed by atoms with Crippen LogP contribution in [-0.4, -0.2) is 43.3 Å². The van der Waals surface area contributed by atoms with Crippen molar-refractivity contribution in [2.24, 2.45) is 0 Å². The third-order valence-corrected chi connectivity index (χ3v) is 5.88. The summed E-state index contributed by atoms with van der Waals surface area (Å²) < 4.78 is 0. The van der Waals surface area contributed by atoms with Crippen molar-refractivity contribution in [3.63, 3.8) is 0 Å². The quantitative estimate of drug-likeness (QED) is 0.386. The van der Waals surface area contributed by atoms with Crippen LogP contribution in [0.5, 0.6) is 0 Å². The largest absolute Gasteiger partial charge is 0.348 e. The maximum absolute atomic E-state index is 12.6. The van der Waals surface area contributed by atoms with Crippen molar-refractivity contribution in [2.75, 3.05) is 31.3 Å². The van der Waals surface area contributed by atoms with Crippen molar-refractivity contribution in [2.45, 2.75) is 25.8 Å². The average molecular weight is 479 g/mol. The van der Waals surface area contributed by atoms with E-state index in [-0.39, 0.29) is 17.7 Å². The minimum Gasteiger partial charge on any atom is -0.348 e. The Labute approximate surface area is 204 Å². The summed E-state index contributed by atoms with van der Waals surface area (Å²) in [5, 5.41) is 10.6. The van der Waals surface area contributed by atoms with E-state index in [1.165, 1.54) is 4.88 Å². The van der Waals surface area contributed by atoms with E-state index in [4.69, 9.17) is 0 Å². The molecule has 0 aliphatic rings. The normalized spacial score (nSPS) is 10.7. The van der Waals surface area contributed by atoms with Crippen LogP contribution in [0, 0.1) is 0 Å². The summed E-state index contributed by atoms with van der Waals surface area (Å²) in [6.07, 6.45) is 2.09. The molecule has 0 spiro atoms. The molecule has 3 aromatic rings. The zero-order valence-electron chi connectivity index (χ0n) is 19.5. The van der Waals surface area contributed by atoms with Gasteiger partial charge in [-0.2, -0.15) is 0 Å². The van der Waals surface area contributed by atoms with E-state index in [1.54, 1.807) is 40.5 Å². The highest BCUT2D eigenvalue weighted by molar-refractivity contribution is 7.09. The van der Waals surface area contributed by atoms with Crippen molar-refractivity contribution in [3.8, 4) is 0 Å². The fourth-order valence-corrected chi connectivity index (χ4v) is 4.12. The van der Waals surface area contributed by atoms with Crippen LogP contribution in [0.3, 0.4) is 0 Å². The standard InChI is InChI=1S/C26H30N4O3S/c1-30(2)18-25(32)29-21-9-3-7-19(15-21)17-27-26(33)20-8-4-10-22(16-20)28-24(31)13-5-11-23-12-6-14-34-23/h3-4,6-10,12,14-16H,5,11,13,17-18H2,1-2H3,(H,27,33)(H,28,31)(H,29,32). The summed E-state index contributed by atoms with van der Waals surface area (Å²) in [4.78, 5) is 39.9. The van der Waals surface area contributed by atoms with Gasteiger partial charge in [-0.05, 0) is 74.3 Å². The number of carbonyl (C=O) groups is 3. The maximum Gasteiger partial charge on any atom is 0.251 e. The Bertz CT molecular complexity index is 1110. The van der Waals surface area contributed by atoms with Crippen molar-refractivity contribution in [3.05, 3.63) is 82.0 Å². The Morgan fingerprint density at radius 2 is 1.62 bits per heavy atom. The topological polar surface area (TPSA) is 90.5 Å². The third-order valence-electron chi connectivity index (χ3n) is 4.94. The van der Waals surface area contributed by atoms with E-state index in [2.05, 4.69) is 22.0 Å². The first-order chi connectivity index (χ1) is 16.4. The molecule has 1 aromatic heterocycles. The van der Waals surface area contributed by atoms with Gasteiger partial charge >= 0.3 is 0 Å². The first kappa shape index (κ1) is 25.1. The second-order valence-electron chi connectivity index (χ2n) is 8.23. The molecule has 7 nitrogen and oxygen atoms in total. The van der Waals surface area contributed by atoms with Crippen LogP contribution < -0.4 is 16.0 Å². The maximum atomic E-state index is 12.6. The Morgan fingerprint density at radius 3 is 2.35 bits per heavy atom. The third kappa shape index (κ3) is 8.46. The monoisotopic (exact) mass is 478 g/mol. The summed E-state index contributed by atoms with van der Waals surface area (Å²) in [7, 11) is 3.66. The van der Waals surface area contributed by atoms with Gasteiger partial charge in [0.1, 0.15) is 0 Å². The smallest absolute Gasteiger partial charge is 0.251 e. The summed E-state index contributed by atoms with van der Waals surface area (Å²) in [5.74, 6) is -0.408. The van der Waals surface area contributed by atoms with Gasteiger partial charge < -0.3 is 20.9 Å². The fourth-order valence-electron chi connectivity index (χ4n) is 3.37. The number of hydrogen-bond donors (Lipinski definition) is 3. The van der Waals surface area contributed by atoms with Crippen molar-refractivity contribution >= 4 is 40.4 Å². The Morgan fingerprint density at radius 1 is 0.882 bits per heavy atom. The van der Waals surface area contributed by atoms with Gasteiger partial charge in [0.15, 0.2) is 0 Å². The Balaban J connectivity index is 1.48. The molecule has 0 bridgehead atoms. The van der Waals surface area contributed by atoms with E-state index < -0.39 is 0 Å². The molecule has 3 amide bonds. The number of likely N-dealkylation sites (N-methyl/N-ethyl adjacent to an activating group) is 1. The average Bonchev–Trinajstić information content (AvgIpc) is 3.31. The lowest BCUT2D eigenvalue weighted by Crippen LogP contribution is -2.27. The van der Waals surface area contributed by atoms with E-state index in [9.17, 15) is 14.4 Å². The van der Waals surface area contributed by atoms with Gasteiger partial charge in [0.2, 0.25) is 11.8 Å². The number of thiophene rings is 1. The van der Waals surface area contributed by atoms with E-state index in [1.807, 2.05) is 49.8 Å². The summed E-state index contributed by atoms with van der Waals surface area (Å²) in [6, 6.07) is 18.3. The van der Waals surface area contributed by atoms with Crippen LogP contribution >= 0.6 is 11.3 Å². The number of amides is 3. The molecule has 1 heterocycles. The van der Waals surface area contributed by atoms with Crippen molar-refractivity contribution < 1.29 is 14.4 Å². The molecule has 8 heteroatoms. The molecular weight excluding hydrogens is 448 g/mol. The number of hydrogen-bond acceptors (Lipinski definition) is 5. The number of nitrogens with zero attached hydrogens (tertiary/aromatic N) is 1. The molecule has 0 radical (unpaired) electrons. The molecule has 0 saturated heterocycles. The Kier molecular flexibility index (Phi) is 9.37. The van der Waals surface area contributed by atoms with Gasteiger partial charge in [-0.3, -0.25) is 14.4 Å². The highest BCUT2D eigenvalue weighted by atomic mass is 32.1. The van der Waals surface area contributed by atoms with Crippen LogP contribution in [0.2, 0.25) is 0 Å². The van der Waals surface area contributed by atoms with Gasteiger partial charge in [-0.15, -0.1) is 11.3 Å².